The minimum atomic E-state index is -0.788. The van der Waals surface area contributed by atoms with Gasteiger partial charge in [-0.05, 0) is 39.0 Å². The molecule has 0 unspecified atom stereocenters. The highest BCUT2D eigenvalue weighted by Crippen LogP contribution is 2.14. The normalized spacial score (nSPS) is 10.3. The van der Waals surface area contributed by atoms with Gasteiger partial charge in [-0.1, -0.05) is 12.1 Å². The van der Waals surface area contributed by atoms with Gasteiger partial charge in [-0.3, -0.25) is 15.4 Å². The van der Waals surface area contributed by atoms with Crippen LogP contribution in [0.15, 0.2) is 36.9 Å². The largest absolute Gasteiger partial charge is 0.452 e. The molecule has 0 aliphatic carbocycles. The monoisotopic (exact) mass is 377 g/mol. The van der Waals surface area contributed by atoms with E-state index in [0.717, 1.165) is 0 Å². The highest BCUT2D eigenvalue weighted by Gasteiger charge is 2.17. The molecule has 0 saturated carbocycles. The molecule has 0 fully saturated rings. The summed E-state index contributed by atoms with van der Waals surface area (Å²) in [5, 5.41) is 6.83. The van der Waals surface area contributed by atoms with Crippen LogP contribution in [0.5, 0.6) is 0 Å². The van der Waals surface area contributed by atoms with Crippen LogP contribution in [-0.2, 0) is 14.3 Å². The maximum absolute atomic E-state index is 12.0. The van der Waals surface area contributed by atoms with Crippen molar-refractivity contribution in [2.45, 2.75) is 26.4 Å². The average Bonchev–Trinajstić information content (AvgIpc) is 2.56. The van der Waals surface area contributed by atoms with Crippen LogP contribution < -0.4 is 16.0 Å². The molecule has 27 heavy (non-hydrogen) atoms. The van der Waals surface area contributed by atoms with Crippen molar-refractivity contribution in [1.82, 2.24) is 10.6 Å². The molecule has 1 aromatic carbocycles. The number of rotatable bonds is 6. The molecule has 0 bridgehead atoms. The molecule has 0 aromatic heterocycles. The number of hydrogen-bond acceptors (Lipinski definition) is 6. The van der Waals surface area contributed by atoms with Gasteiger partial charge in [0, 0.05) is 12.2 Å². The Balaban J connectivity index is 2.56. The zero-order valence-corrected chi connectivity index (χ0v) is 15.5. The molecule has 9 nitrogen and oxygen atoms in total. The second-order valence-electron chi connectivity index (χ2n) is 6.33. The van der Waals surface area contributed by atoms with Gasteiger partial charge in [-0.2, -0.15) is 0 Å². The first-order valence-corrected chi connectivity index (χ1v) is 8.06. The van der Waals surface area contributed by atoms with Crippen molar-refractivity contribution in [2.24, 2.45) is 0 Å². The van der Waals surface area contributed by atoms with Crippen LogP contribution in [0, 0.1) is 0 Å². The Kier molecular flexibility index (Phi) is 7.99. The number of imide groups is 1. The Morgan fingerprint density at radius 3 is 2.52 bits per heavy atom. The zero-order chi connectivity index (χ0) is 20.4. The molecule has 146 valence electrons. The summed E-state index contributed by atoms with van der Waals surface area (Å²) in [6.45, 7) is 8.15. The maximum Gasteiger partial charge on any atom is 0.412 e. The zero-order valence-electron chi connectivity index (χ0n) is 15.5. The number of esters is 1. The van der Waals surface area contributed by atoms with Crippen LogP contribution in [0.1, 0.15) is 31.1 Å². The predicted molar refractivity (Wildman–Crippen MR) is 98.3 cm³/mol. The third-order valence-corrected chi connectivity index (χ3v) is 2.74. The molecular weight excluding hydrogens is 354 g/mol. The summed E-state index contributed by atoms with van der Waals surface area (Å²) in [5.41, 5.74) is -0.217. The molecule has 0 radical (unpaired) electrons. The van der Waals surface area contributed by atoms with E-state index in [1.54, 1.807) is 26.8 Å². The second kappa shape index (κ2) is 9.95. The van der Waals surface area contributed by atoms with Crippen molar-refractivity contribution in [3.8, 4) is 0 Å². The SMILES string of the molecule is C=CCNC(=O)NC(=O)COC(=O)c1cccc(NC(=O)OC(C)(C)C)c1. The lowest BCUT2D eigenvalue weighted by molar-refractivity contribution is -0.123. The number of hydrogen-bond donors (Lipinski definition) is 3. The highest BCUT2D eigenvalue weighted by molar-refractivity contribution is 5.97. The molecule has 0 saturated heterocycles. The van der Waals surface area contributed by atoms with Gasteiger partial charge in [0.1, 0.15) is 5.60 Å². The Morgan fingerprint density at radius 2 is 1.89 bits per heavy atom. The predicted octanol–water partition coefficient (Wildman–Crippen LogP) is 2.20. The van der Waals surface area contributed by atoms with Crippen LogP contribution in [0.3, 0.4) is 0 Å². The Bertz CT molecular complexity index is 724. The lowest BCUT2D eigenvalue weighted by Gasteiger charge is -2.19. The van der Waals surface area contributed by atoms with E-state index < -0.39 is 36.2 Å². The van der Waals surface area contributed by atoms with Crippen LogP contribution in [0.4, 0.5) is 15.3 Å². The van der Waals surface area contributed by atoms with E-state index in [0.29, 0.717) is 5.69 Å². The molecular formula is C18H23N3O6. The number of anilines is 1. The minimum absolute atomic E-state index is 0.118. The minimum Gasteiger partial charge on any atom is -0.452 e. The standard InChI is InChI=1S/C18H23N3O6/c1-5-9-19-16(24)21-14(22)11-26-15(23)12-7-6-8-13(10-12)20-17(25)27-18(2,3)4/h5-8,10H,1,9,11H2,2-4H3,(H,20,25)(H2,19,21,22,24). The third-order valence-electron chi connectivity index (χ3n) is 2.74. The quantitative estimate of drug-likeness (QED) is 0.516. The van der Waals surface area contributed by atoms with Gasteiger partial charge in [0.25, 0.3) is 5.91 Å². The van der Waals surface area contributed by atoms with Crippen molar-refractivity contribution < 1.29 is 28.7 Å². The molecule has 0 spiro atoms. The molecule has 9 heteroatoms. The average molecular weight is 377 g/mol. The van der Waals surface area contributed by atoms with Crippen LogP contribution in [0.2, 0.25) is 0 Å². The topological polar surface area (TPSA) is 123 Å². The van der Waals surface area contributed by atoms with Crippen molar-refractivity contribution in [3.63, 3.8) is 0 Å². The summed E-state index contributed by atoms with van der Waals surface area (Å²) in [5.74, 6) is -1.57. The summed E-state index contributed by atoms with van der Waals surface area (Å²) in [6.07, 6.45) is 0.778. The van der Waals surface area contributed by atoms with Gasteiger partial charge < -0.3 is 14.8 Å². The van der Waals surface area contributed by atoms with E-state index in [9.17, 15) is 19.2 Å². The third kappa shape index (κ3) is 9.05. The molecule has 1 aromatic rings. The number of ether oxygens (including phenoxy) is 2. The van der Waals surface area contributed by atoms with Gasteiger partial charge in [-0.25, -0.2) is 14.4 Å². The summed E-state index contributed by atoms with van der Waals surface area (Å²) >= 11 is 0. The first kappa shape index (κ1) is 21.7. The van der Waals surface area contributed by atoms with E-state index in [1.807, 2.05) is 5.32 Å². The van der Waals surface area contributed by atoms with Gasteiger partial charge in [0.15, 0.2) is 6.61 Å². The van der Waals surface area contributed by atoms with Gasteiger partial charge in [-0.15, -0.1) is 6.58 Å². The lowest BCUT2D eigenvalue weighted by Crippen LogP contribution is -2.41. The molecule has 0 aliphatic heterocycles. The highest BCUT2D eigenvalue weighted by atomic mass is 16.6. The van der Waals surface area contributed by atoms with Crippen LogP contribution in [-0.4, -0.2) is 42.8 Å². The fourth-order valence-electron chi connectivity index (χ4n) is 1.73. The Morgan fingerprint density at radius 1 is 1.19 bits per heavy atom. The van der Waals surface area contributed by atoms with Crippen LogP contribution >= 0.6 is 0 Å². The number of amides is 4. The van der Waals surface area contributed by atoms with Crippen LogP contribution in [0.25, 0.3) is 0 Å². The number of urea groups is 1. The van der Waals surface area contributed by atoms with Gasteiger partial charge in [0.2, 0.25) is 0 Å². The van der Waals surface area contributed by atoms with E-state index in [1.165, 1.54) is 24.3 Å². The number of carbonyl (C=O) groups is 4. The molecule has 0 atom stereocenters. The van der Waals surface area contributed by atoms with Gasteiger partial charge in [0.05, 0.1) is 5.56 Å². The first-order valence-electron chi connectivity index (χ1n) is 8.06. The number of nitrogens with one attached hydrogen (secondary N) is 3. The fourth-order valence-corrected chi connectivity index (χ4v) is 1.73. The van der Waals surface area contributed by atoms with Crippen molar-refractivity contribution >= 4 is 29.7 Å². The molecule has 0 aliphatic rings. The van der Waals surface area contributed by atoms with Crippen molar-refractivity contribution in [2.75, 3.05) is 18.5 Å². The number of carbonyl (C=O) groups excluding carboxylic acids is 4. The first-order chi connectivity index (χ1) is 12.6. The van der Waals surface area contributed by atoms with E-state index >= 15 is 0 Å². The van der Waals surface area contributed by atoms with E-state index in [4.69, 9.17) is 9.47 Å². The lowest BCUT2D eigenvalue weighted by atomic mass is 10.2. The molecule has 1 rings (SSSR count). The van der Waals surface area contributed by atoms with Crippen molar-refractivity contribution in [3.05, 3.63) is 42.5 Å². The van der Waals surface area contributed by atoms with E-state index in [2.05, 4.69) is 17.2 Å². The van der Waals surface area contributed by atoms with Gasteiger partial charge >= 0.3 is 18.1 Å². The molecule has 3 N–H and O–H groups in total. The van der Waals surface area contributed by atoms with Crippen molar-refractivity contribution in [1.29, 1.82) is 0 Å². The second-order valence-corrected chi connectivity index (χ2v) is 6.33. The maximum atomic E-state index is 12.0. The fraction of sp³-hybridized carbons (Fsp3) is 0.333. The smallest absolute Gasteiger partial charge is 0.412 e. The van der Waals surface area contributed by atoms with E-state index in [-0.39, 0.29) is 12.1 Å². The number of benzene rings is 1. The molecule has 0 heterocycles. The molecule has 4 amide bonds. The Labute approximate surface area is 157 Å². The Hall–Kier alpha value is -3.36. The summed E-state index contributed by atoms with van der Waals surface area (Å²) in [6, 6.07) is 5.21. The summed E-state index contributed by atoms with van der Waals surface area (Å²) < 4.78 is 9.96. The summed E-state index contributed by atoms with van der Waals surface area (Å²) in [7, 11) is 0. The summed E-state index contributed by atoms with van der Waals surface area (Å²) in [4.78, 5) is 46.6.